The van der Waals surface area contributed by atoms with Gasteiger partial charge in [0, 0.05) is 72.6 Å². The number of nitrogens with one attached hydrogen (secondary N) is 4. The minimum atomic E-state index is -5.13. The molecule has 12 N–H and O–H groups in total. The molecule has 0 saturated carbocycles. The number of rotatable bonds is 19. The third-order valence-corrected chi connectivity index (χ3v) is 16.6. The molecule has 9 aromatic rings. The number of amides is 5. The number of ether oxygens (including phenoxy) is 2. The van der Waals surface area contributed by atoms with Crippen LogP contribution in [0.4, 0.5) is 23.3 Å². The van der Waals surface area contributed by atoms with E-state index >= 15 is 0 Å². The molecule has 2 aliphatic rings. The van der Waals surface area contributed by atoms with Crippen LogP contribution in [0, 0.1) is 13.8 Å². The maximum absolute atomic E-state index is 13.9. The molecular formula is C57H55N15O13S2. The lowest BCUT2D eigenvalue weighted by Crippen LogP contribution is -2.35. The third-order valence-electron chi connectivity index (χ3n) is 14.9. The van der Waals surface area contributed by atoms with Crippen molar-refractivity contribution in [3.8, 4) is 11.5 Å². The molecule has 0 bridgehead atoms. The Morgan fingerprint density at radius 1 is 0.655 bits per heavy atom. The SMILES string of the molecule is CCn1nc(C)cc1C(=O)Nc1nc2cc(C(N)=O)ccc2n1CCCCn1c(NC(=O)c2cc(C)nn2CC)nc2cc(C(=O)NCCNC(=O)c3ccc4c(c3)C(=O)OC43c4ccc(N)c(S(=O)O)c4Oc4c3ccc(N)c4S(=O)(=O)O)ccc21. The van der Waals surface area contributed by atoms with Gasteiger partial charge < -0.3 is 51.0 Å². The quantitative estimate of drug-likeness (QED) is 0.0164. The molecule has 4 aromatic heterocycles. The van der Waals surface area contributed by atoms with E-state index in [9.17, 15) is 50.5 Å². The van der Waals surface area contributed by atoms with Crippen molar-refractivity contribution in [1.29, 1.82) is 0 Å². The van der Waals surface area contributed by atoms with Crippen molar-refractivity contribution in [3.05, 3.63) is 153 Å². The van der Waals surface area contributed by atoms with Gasteiger partial charge in [-0.3, -0.25) is 48.5 Å². The zero-order valence-corrected chi connectivity index (χ0v) is 48.5. The number of hydrogen-bond donors (Lipinski definition) is 9. The van der Waals surface area contributed by atoms with Gasteiger partial charge >= 0.3 is 5.97 Å². The monoisotopic (exact) mass is 1220 g/mol. The Morgan fingerprint density at radius 3 is 1.66 bits per heavy atom. The molecule has 11 rings (SSSR count). The number of imidazole rings is 2. The number of unbranched alkanes of at least 4 members (excludes halogenated alkanes) is 1. The summed E-state index contributed by atoms with van der Waals surface area (Å²) in [6.07, 6.45) is 1.04. The van der Waals surface area contributed by atoms with Gasteiger partial charge in [-0.25, -0.2) is 19.0 Å². The van der Waals surface area contributed by atoms with E-state index in [1.165, 1.54) is 36.4 Å². The summed E-state index contributed by atoms with van der Waals surface area (Å²) in [4.78, 5) is 89.0. The predicted molar refractivity (Wildman–Crippen MR) is 315 cm³/mol. The normalized spacial score (nSPS) is 14.5. The molecule has 0 aliphatic carbocycles. The summed E-state index contributed by atoms with van der Waals surface area (Å²) in [5.41, 5.74) is 19.2. The highest BCUT2D eigenvalue weighted by molar-refractivity contribution is 7.86. The van der Waals surface area contributed by atoms with Crippen LogP contribution in [0.3, 0.4) is 0 Å². The van der Waals surface area contributed by atoms with E-state index in [0.29, 0.717) is 83.9 Å². The lowest BCUT2D eigenvalue weighted by Gasteiger charge is -2.37. The molecule has 28 nitrogen and oxygen atoms in total. The van der Waals surface area contributed by atoms with Crippen LogP contribution in [-0.4, -0.2) is 109 Å². The van der Waals surface area contributed by atoms with Gasteiger partial charge in [0.15, 0.2) is 33.1 Å². The Hall–Kier alpha value is -10.3. The van der Waals surface area contributed by atoms with Crippen LogP contribution in [0.1, 0.15) is 117 Å². The lowest BCUT2D eigenvalue weighted by molar-refractivity contribution is 0.0220. The number of hydrogen-bond acceptors (Lipinski definition) is 17. The van der Waals surface area contributed by atoms with E-state index in [4.69, 9.17) is 31.7 Å². The summed E-state index contributed by atoms with van der Waals surface area (Å²) < 4.78 is 77.6. The molecule has 0 saturated heterocycles. The number of nitrogens with two attached hydrogens (primary N) is 3. The molecule has 5 aromatic carbocycles. The van der Waals surface area contributed by atoms with E-state index in [2.05, 4.69) is 36.4 Å². The van der Waals surface area contributed by atoms with Crippen molar-refractivity contribution in [1.82, 2.24) is 49.3 Å². The number of benzene rings is 5. The molecular weight excluding hydrogens is 1170 g/mol. The number of nitrogens with zero attached hydrogens (tertiary/aromatic N) is 8. The first kappa shape index (κ1) is 58.5. The van der Waals surface area contributed by atoms with Gasteiger partial charge in [0.2, 0.25) is 17.8 Å². The lowest BCUT2D eigenvalue weighted by atomic mass is 9.77. The maximum Gasteiger partial charge on any atom is 0.340 e. The number of carbonyl (C=O) groups excluding carboxylic acids is 6. The highest BCUT2D eigenvalue weighted by atomic mass is 32.2. The van der Waals surface area contributed by atoms with Gasteiger partial charge in [0.1, 0.15) is 16.3 Å². The first-order chi connectivity index (χ1) is 41.5. The number of aryl methyl sites for hydroxylation is 6. The fraction of sp³-hybridized carbons (Fsp3) is 0.228. The van der Waals surface area contributed by atoms with Crippen LogP contribution in [0.25, 0.3) is 22.1 Å². The van der Waals surface area contributed by atoms with Crippen LogP contribution >= 0.6 is 0 Å². The summed E-state index contributed by atoms with van der Waals surface area (Å²) in [5, 5.41) is 20.2. The van der Waals surface area contributed by atoms with E-state index in [1.807, 2.05) is 23.0 Å². The minimum absolute atomic E-state index is 0.0130. The summed E-state index contributed by atoms with van der Waals surface area (Å²) >= 11 is -2.83. The molecule has 1 spiro atoms. The van der Waals surface area contributed by atoms with Crippen LogP contribution in [0.15, 0.2) is 101 Å². The average molecular weight is 1220 g/mol. The van der Waals surface area contributed by atoms with Crippen molar-refractivity contribution < 1.29 is 60.0 Å². The van der Waals surface area contributed by atoms with Crippen molar-refractivity contribution in [2.45, 2.75) is 82.1 Å². The Labute approximate surface area is 496 Å². The van der Waals surface area contributed by atoms with Gasteiger partial charge in [-0.15, -0.1) is 0 Å². The largest absolute Gasteiger partial charge is 0.453 e. The maximum atomic E-state index is 13.9. The Balaban J connectivity index is 0.800. The molecule has 30 heteroatoms. The summed E-state index contributed by atoms with van der Waals surface area (Å²) in [5.74, 6) is -4.23. The van der Waals surface area contributed by atoms with Crippen molar-refractivity contribution in [3.63, 3.8) is 0 Å². The van der Waals surface area contributed by atoms with Crippen molar-refractivity contribution in [2.75, 3.05) is 35.2 Å². The summed E-state index contributed by atoms with van der Waals surface area (Å²) in [6.45, 7) is 8.75. The third kappa shape index (κ3) is 10.5. The molecule has 2 unspecified atom stereocenters. The zero-order valence-electron chi connectivity index (χ0n) is 46.8. The van der Waals surface area contributed by atoms with Crippen LogP contribution < -0.4 is 43.2 Å². The fourth-order valence-corrected chi connectivity index (χ4v) is 12.3. The minimum Gasteiger partial charge on any atom is -0.453 e. The highest BCUT2D eigenvalue weighted by Crippen LogP contribution is 2.59. The molecule has 5 amide bonds. The van der Waals surface area contributed by atoms with Gasteiger partial charge in [-0.2, -0.15) is 18.6 Å². The molecule has 6 heterocycles. The number of carbonyl (C=O) groups is 6. The Morgan fingerprint density at radius 2 is 1.14 bits per heavy atom. The topological polar surface area (TPSA) is 410 Å². The number of primary amides is 1. The second-order valence-corrected chi connectivity index (χ2v) is 22.7. The zero-order chi connectivity index (χ0) is 62.0. The molecule has 2 atom stereocenters. The Kier molecular flexibility index (Phi) is 15.2. The van der Waals surface area contributed by atoms with E-state index in [0.717, 1.165) is 6.07 Å². The second kappa shape index (κ2) is 22.6. The van der Waals surface area contributed by atoms with Crippen LogP contribution in [0.5, 0.6) is 11.5 Å². The van der Waals surface area contributed by atoms with Gasteiger partial charge in [0.25, 0.3) is 33.7 Å². The first-order valence-electron chi connectivity index (χ1n) is 27.1. The number of nitrogen functional groups attached to an aromatic ring is 2. The van der Waals surface area contributed by atoms with E-state index in [-0.39, 0.29) is 69.6 Å². The van der Waals surface area contributed by atoms with Crippen molar-refractivity contribution in [2.24, 2.45) is 5.73 Å². The summed E-state index contributed by atoms with van der Waals surface area (Å²) in [7, 11) is -5.13. The van der Waals surface area contributed by atoms with Crippen LogP contribution in [-0.2, 0) is 57.7 Å². The molecule has 0 fully saturated rings. The molecule has 0 radical (unpaired) electrons. The Bertz CT molecular complexity index is 4570. The number of anilines is 4. The van der Waals surface area contributed by atoms with E-state index < -0.39 is 89.3 Å². The standard InChI is InChI=1S/C57H55N15O13S2/c1-5-71-43(23-28(3)67-71)52(76)65-55-63-39-26-30(49(60)73)10-17-41(39)69(55)21-7-8-22-70-42-18-11-32(27-40(42)64-56(70)66-53(77)44-24-29(4)68-72(44)6-2)51(75)62-20-19-61-50(74)31-9-12-34-33(25-31)54(78)85-57(34)35-13-15-37(58)47(86(79)80)45(35)84-46-36(57)14-16-38(59)48(46)87(81,82)83/h9-18,23-27H,5-8,19-22,58-59H2,1-4H3,(H2,60,73)(H,61,74)(H,62,75)(H,79,80)(H,63,65,76)(H,64,66,77)(H,81,82,83). The smallest absolute Gasteiger partial charge is 0.340 e. The van der Waals surface area contributed by atoms with Gasteiger partial charge in [-0.1, -0.05) is 6.07 Å². The summed E-state index contributed by atoms with van der Waals surface area (Å²) in [6, 6.07) is 22.2. The van der Waals surface area contributed by atoms with E-state index in [1.54, 1.807) is 71.7 Å². The second-order valence-electron chi connectivity index (χ2n) is 20.4. The molecule has 2 aliphatic heterocycles. The first-order valence-corrected chi connectivity index (χ1v) is 29.6. The number of fused-ring (bicyclic) bond motifs is 8. The average Bonchev–Trinajstić information content (AvgIpc) is 1.65. The van der Waals surface area contributed by atoms with Crippen molar-refractivity contribution >= 4 is 102 Å². The van der Waals surface area contributed by atoms with Crippen LogP contribution in [0.2, 0.25) is 0 Å². The molecule has 448 valence electrons. The van der Waals surface area contributed by atoms with Gasteiger partial charge in [-0.05, 0) is 125 Å². The fourth-order valence-electron chi connectivity index (χ4n) is 11.0. The number of esters is 1. The number of aromatic nitrogens is 8. The van der Waals surface area contributed by atoms with Gasteiger partial charge in [0.05, 0.1) is 50.4 Å². The predicted octanol–water partition coefficient (Wildman–Crippen LogP) is 5.24. The highest BCUT2D eigenvalue weighted by Gasteiger charge is 2.56. The molecule has 87 heavy (non-hydrogen) atoms.